The van der Waals surface area contributed by atoms with Gasteiger partial charge in [0, 0.05) is 12.7 Å². The topological polar surface area (TPSA) is 133 Å². The Morgan fingerprint density at radius 2 is 1.14 bits per heavy atom. The summed E-state index contributed by atoms with van der Waals surface area (Å²) in [4.78, 5) is 49.0. The summed E-state index contributed by atoms with van der Waals surface area (Å²) in [6.45, 7) is 3.16. The van der Waals surface area contributed by atoms with Crippen LogP contribution in [-0.4, -0.2) is 41.0 Å². The average molecular weight is 569 g/mol. The van der Waals surface area contributed by atoms with Gasteiger partial charge in [0.05, 0.1) is 22.3 Å². The standard InChI is InChI=1S/C33H29FN2O6/c1-19-4-6-20(7-5-19)16-21-8-12-24(13-9-21)36-30(38)26-15-11-23(18-28(26)32(41)42)33(2,34)22-10-14-25(29(37)35-3)27(17-22)31(39)40/h4-15,17-18H,16H2,1-3H3,(H,35,37)(H,36,38)(H,39,40)(H,41,42). The van der Waals surface area contributed by atoms with Crippen LogP contribution in [0.1, 0.15) is 76.2 Å². The zero-order chi connectivity index (χ0) is 30.6. The third kappa shape index (κ3) is 6.36. The Balaban J connectivity index is 1.58. The highest BCUT2D eigenvalue weighted by atomic mass is 19.1. The van der Waals surface area contributed by atoms with Crippen LogP contribution in [0, 0.1) is 6.92 Å². The Bertz CT molecular complexity index is 1680. The summed E-state index contributed by atoms with van der Waals surface area (Å²) < 4.78 is 16.2. The first-order valence-electron chi connectivity index (χ1n) is 13.0. The fourth-order valence-electron chi connectivity index (χ4n) is 4.57. The summed E-state index contributed by atoms with van der Waals surface area (Å²) in [6.07, 6.45) is 0.712. The molecule has 0 saturated heterocycles. The molecule has 0 aliphatic heterocycles. The molecule has 0 radical (unpaired) electrons. The van der Waals surface area contributed by atoms with Gasteiger partial charge >= 0.3 is 11.9 Å². The van der Waals surface area contributed by atoms with Gasteiger partial charge in [0.25, 0.3) is 11.8 Å². The van der Waals surface area contributed by atoms with Crippen LogP contribution in [0.3, 0.4) is 0 Å². The molecule has 0 aliphatic carbocycles. The van der Waals surface area contributed by atoms with Crippen molar-refractivity contribution in [3.63, 3.8) is 0 Å². The second-order valence-electron chi connectivity index (χ2n) is 10.0. The first-order valence-corrected chi connectivity index (χ1v) is 13.0. The highest BCUT2D eigenvalue weighted by Gasteiger charge is 2.32. The minimum Gasteiger partial charge on any atom is -0.478 e. The molecule has 4 N–H and O–H groups in total. The third-order valence-electron chi connectivity index (χ3n) is 7.04. The van der Waals surface area contributed by atoms with Crippen LogP contribution in [0.15, 0.2) is 84.9 Å². The summed E-state index contributed by atoms with van der Waals surface area (Å²) in [7, 11) is 1.34. The first-order chi connectivity index (χ1) is 19.9. The van der Waals surface area contributed by atoms with Crippen LogP contribution in [0.25, 0.3) is 0 Å². The summed E-state index contributed by atoms with van der Waals surface area (Å²) in [5, 5.41) is 24.4. The van der Waals surface area contributed by atoms with Gasteiger partial charge in [-0.3, -0.25) is 9.59 Å². The van der Waals surface area contributed by atoms with Crippen LogP contribution in [0.2, 0.25) is 0 Å². The van der Waals surface area contributed by atoms with Crippen LogP contribution in [0.5, 0.6) is 0 Å². The van der Waals surface area contributed by atoms with Crippen LogP contribution in [0.4, 0.5) is 10.1 Å². The molecule has 4 aromatic rings. The molecule has 4 rings (SSSR count). The predicted octanol–water partition coefficient (Wildman–Crippen LogP) is 5.83. The molecule has 1 atom stereocenters. The van der Waals surface area contributed by atoms with Crippen molar-refractivity contribution in [2.24, 2.45) is 0 Å². The van der Waals surface area contributed by atoms with Crippen molar-refractivity contribution in [3.05, 3.63) is 135 Å². The van der Waals surface area contributed by atoms with E-state index < -0.39 is 40.5 Å². The van der Waals surface area contributed by atoms with E-state index >= 15 is 4.39 Å². The van der Waals surface area contributed by atoms with Gasteiger partial charge in [-0.2, -0.15) is 0 Å². The molecule has 0 aliphatic rings. The zero-order valence-electron chi connectivity index (χ0n) is 23.2. The number of carboxylic acids is 2. The number of benzene rings is 4. The number of rotatable bonds is 9. The van der Waals surface area contributed by atoms with Gasteiger partial charge in [-0.25, -0.2) is 14.0 Å². The molecule has 4 aromatic carbocycles. The van der Waals surface area contributed by atoms with E-state index in [4.69, 9.17) is 0 Å². The Labute approximate surface area is 241 Å². The number of hydrogen-bond donors (Lipinski definition) is 4. The smallest absolute Gasteiger partial charge is 0.336 e. The monoisotopic (exact) mass is 568 g/mol. The largest absolute Gasteiger partial charge is 0.478 e. The molecule has 214 valence electrons. The Morgan fingerprint density at radius 3 is 1.60 bits per heavy atom. The summed E-state index contributed by atoms with van der Waals surface area (Å²) in [5.74, 6) is -4.20. The van der Waals surface area contributed by atoms with E-state index in [1.54, 1.807) is 12.1 Å². The molecule has 9 heteroatoms. The molecule has 0 heterocycles. The number of alkyl halides is 1. The molecule has 1 unspecified atom stereocenters. The lowest BCUT2D eigenvalue weighted by molar-refractivity contribution is 0.0683. The number of anilines is 1. The Kier molecular flexibility index (Phi) is 8.51. The molecule has 0 bridgehead atoms. The fourth-order valence-corrected chi connectivity index (χ4v) is 4.57. The van der Waals surface area contributed by atoms with Crippen molar-refractivity contribution in [3.8, 4) is 0 Å². The molecular formula is C33H29FN2O6. The van der Waals surface area contributed by atoms with E-state index in [0.717, 1.165) is 30.2 Å². The minimum absolute atomic E-state index is 0.105. The highest BCUT2D eigenvalue weighted by Crippen LogP contribution is 2.36. The van der Waals surface area contributed by atoms with Crippen LogP contribution >= 0.6 is 0 Å². The summed E-state index contributed by atoms with van der Waals surface area (Å²) >= 11 is 0. The van der Waals surface area contributed by atoms with E-state index in [1.807, 2.05) is 31.2 Å². The van der Waals surface area contributed by atoms with Gasteiger partial charge in [0.1, 0.15) is 0 Å². The molecule has 0 spiro atoms. The molecule has 2 amide bonds. The molecule has 0 saturated carbocycles. The molecule has 0 fully saturated rings. The van der Waals surface area contributed by atoms with Crippen molar-refractivity contribution in [2.75, 3.05) is 12.4 Å². The maximum absolute atomic E-state index is 16.2. The van der Waals surface area contributed by atoms with Gasteiger partial charge in [0.2, 0.25) is 0 Å². The molecular weight excluding hydrogens is 539 g/mol. The lowest BCUT2D eigenvalue weighted by Crippen LogP contribution is -2.24. The molecule has 42 heavy (non-hydrogen) atoms. The normalized spacial score (nSPS) is 12.2. The summed E-state index contributed by atoms with van der Waals surface area (Å²) in [6, 6.07) is 22.4. The van der Waals surface area contributed by atoms with Crippen molar-refractivity contribution in [2.45, 2.75) is 25.9 Å². The van der Waals surface area contributed by atoms with Crippen molar-refractivity contribution >= 4 is 29.4 Å². The lowest BCUT2D eigenvalue weighted by Gasteiger charge is -2.23. The minimum atomic E-state index is -2.35. The lowest BCUT2D eigenvalue weighted by atomic mass is 9.86. The van der Waals surface area contributed by atoms with Crippen LogP contribution in [-0.2, 0) is 12.1 Å². The maximum atomic E-state index is 16.2. The quantitative estimate of drug-likeness (QED) is 0.201. The number of nitrogens with one attached hydrogen (secondary N) is 2. The van der Waals surface area contributed by atoms with E-state index in [1.165, 1.54) is 36.9 Å². The molecule has 0 aromatic heterocycles. The zero-order valence-corrected chi connectivity index (χ0v) is 23.2. The van der Waals surface area contributed by atoms with Gasteiger partial charge in [-0.05, 0) is 78.9 Å². The number of halogens is 1. The first kappa shape index (κ1) is 29.7. The third-order valence-corrected chi connectivity index (χ3v) is 7.04. The van der Waals surface area contributed by atoms with Crippen molar-refractivity contribution < 1.29 is 33.8 Å². The number of amides is 2. The van der Waals surface area contributed by atoms with Crippen molar-refractivity contribution in [1.82, 2.24) is 5.32 Å². The second kappa shape index (κ2) is 12.1. The number of hydrogen-bond acceptors (Lipinski definition) is 4. The Hall–Kier alpha value is -5.31. The number of aryl methyl sites for hydroxylation is 1. The predicted molar refractivity (Wildman–Crippen MR) is 156 cm³/mol. The fraction of sp³-hybridized carbons (Fsp3) is 0.152. The van der Waals surface area contributed by atoms with Crippen LogP contribution < -0.4 is 10.6 Å². The highest BCUT2D eigenvalue weighted by molar-refractivity contribution is 6.11. The van der Waals surface area contributed by atoms with E-state index in [2.05, 4.69) is 22.8 Å². The average Bonchev–Trinajstić information content (AvgIpc) is 2.98. The van der Waals surface area contributed by atoms with E-state index in [0.29, 0.717) is 12.1 Å². The second-order valence-corrected chi connectivity index (χ2v) is 10.0. The van der Waals surface area contributed by atoms with Gasteiger partial charge < -0.3 is 20.8 Å². The molecule has 8 nitrogen and oxygen atoms in total. The number of carboxylic acid groups (broad SMARTS) is 2. The number of aromatic carboxylic acids is 2. The van der Waals surface area contributed by atoms with E-state index in [9.17, 15) is 29.4 Å². The van der Waals surface area contributed by atoms with Gasteiger partial charge in [-0.1, -0.05) is 54.1 Å². The Morgan fingerprint density at radius 1 is 0.690 bits per heavy atom. The summed E-state index contributed by atoms with van der Waals surface area (Å²) in [5.41, 5.74) is 0.0873. The van der Waals surface area contributed by atoms with Gasteiger partial charge in [0.15, 0.2) is 5.67 Å². The SMILES string of the molecule is CNC(=O)c1ccc(C(C)(F)c2ccc(C(=O)Nc3ccc(Cc4ccc(C)cc4)cc3)c(C(=O)O)c2)cc1C(=O)O. The van der Waals surface area contributed by atoms with Crippen molar-refractivity contribution in [1.29, 1.82) is 0 Å². The maximum Gasteiger partial charge on any atom is 0.336 e. The van der Waals surface area contributed by atoms with E-state index in [-0.39, 0.29) is 22.3 Å². The van der Waals surface area contributed by atoms with Gasteiger partial charge in [-0.15, -0.1) is 0 Å². The number of carbonyl (C=O) groups excluding carboxylic acids is 2. The number of carbonyl (C=O) groups is 4.